The quantitative estimate of drug-likeness (QED) is 0.520. The Morgan fingerprint density at radius 1 is 1.50 bits per heavy atom. The minimum Gasteiger partial charge on any atom is -0.300 e. The summed E-state index contributed by atoms with van der Waals surface area (Å²) in [5.74, 6) is 0.465. The van der Waals surface area contributed by atoms with Crippen LogP contribution in [0.2, 0.25) is 0 Å². The van der Waals surface area contributed by atoms with E-state index in [-0.39, 0.29) is 11.7 Å². The van der Waals surface area contributed by atoms with Crippen LogP contribution in [0, 0.1) is 5.92 Å². The Hall–Kier alpha value is 0.100. The van der Waals surface area contributed by atoms with Gasteiger partial charge in [-0.2, -0.15) is 0 Å². The molecule has 0 aliphatic rings. The maximum atomic E-state index is 10.6. The summed E-state index contributed by atoms with van der Waals surface area (Å²) >= 11 is 0. The average Bonchev–Trinajstić information content (AvgIpc) is 1.64. The van der Waals surface area contributed by atoms with Crippen LogP contribution in [0.1, 0.15) is 20.8 Å². The Kier molecular flexibility index (Phi) is 3.23. The molecule has 48 valence electrons. The molecule has 8 heavy (non-hydrogen) atoms. The zero-order valence-corrected chi connectivity index (χ0v) is 6.79. The minimum atomic E-state index is 0.194. The van der Waals surface area contributed by atoms with Crippen molar-refractivity contribution in [2.24, 2.45) is 5.92 Å². The van der Waals surface area contributed by atoms with Crippen LogP contribution in [0.5, 0.6) is 0 Å². The van der Waals surface area contributed by atoms with E-state index in [0.29, 0.717) is 5.66 Å². The zero-order chi connectivity index (χ0) is 6.73. The predicted molar refractivity (Wildman–Crippen MR) is 39.0 cm³/mol. The Labute approximate surface area is 53.1 Å². The smallest absolute Gasteiger partial charge is 0.133 e. The Balaban J connectivity index is 3.64. The maximum absolute atomic E-state index is 10.6. The number of rotatable bonds is 2. The first-order valence-electron chi connectivity index (χ1n) is 2.81. The molecule has 0 fully saturated rings. The van der Waals surface area contributed by atoms with Crippen molar-refractivity contribution in [3.05, 3.63) is 0 Å². The summed E-state index contributed by atoms with van der Waals surface area (Å²) in [7, 11) is 2.62. The molecule has 3 unspecified atom stereocenters. The lowest BCUT2D eigenvalue weighted by atomic mass is 10.1. The lowest BCUT2D eigenvalue weighted by molar-refractivity contribution is -0.120. The molecule has 0 saturated carbocycles. The second-order valence-electron chi connectivity index (χ2n) is 2.26. The van der Waals surface area contributed by atoms with Crippen LogP contribution in [0.3, 0.4) is 0 Å². The number of Topliss-reactive ketones (excluding diaryl/α,β-unsaturated/α-hetero) is 1. The summed E-state index contributed by atoms with van der Waals surface area (Å²) in [5, 5.41) is 0. The van der Waals surface area contributed by atoms with Gasteiger partial charge in [0.05, 0.1) is 0 Å². The van der Waals surface area contributed by atoms with Gasteiger partial charge >= 0.3 is 0 Å². The van der Waals surface area contributed by atoms with E-state index in [1.54, 1.807) is 6.92 Å². The molecule has 0 bridgehead atoms. The Bertz CT molecular complexity index is 88.5. The highest BCUT2D eigenvalue weighted by Crippen LogP contribution is 2.11. The molecule has 1 nitrogen and oxygen atoms in total. The van der Waals surface area contributed by atoms with Crippen molar-refractivity contribution in [2.75, 3.05) is 0 Å². The lowest BCUT2D eigenvalue weighted by Crippen LogP contribution is -2.14. The number of carbonyl (C=O) groups is 1. The summed E-state index contributed by atoms with van der Waals surface area (Å²) in [4.78, 5) is 10.6. The van der Waals surface area contributed by atoms with E-state index >= 15 is 0 Å². The molecular formula is C6H13OP. The molecule has 0 aliphatic carbocycles. The van der Waals surface area contributed by atoms with Gasteiger partial charge in [-0.1, -0.05) is 13.8 Å². The summed E-state index contributed by atoms with van der Waals surface area (Å²) in [6.45, 7) is 5.60. The number of carbonyl (C=O) groups excluding carboxylic acids is 1. The SMILES string of the molecule is CC(=O)C(C)C(C)P. The van der Waals surface area contributed by atoms with Gasteiger partial charge in [-0.25, -0.2) is 0 Å². The molecule has 0 aromatic heterocycles. The van der Waals surface area contributed by atoms with Crippen molar-refractivity contribution in [1.82, 2.24) is 0 Å². The first-order chi connectivity index (χ1) is 3.55. The van der Waals surface area contributed by atoms with Gasteiger partial charge in [0, 0.05) is 5.92 Å². The Morgan fingerprint density at radius 2 is 1.88 bits per heavy atom. The van der Waals surface area contributed by atoms with Crippen LogP contribution in [0.15, 0.2) is 0 Å². The molecule has 0 heterocycles. The van der Waals surface area contributed by atoms with Crippen molar-refractivity contribution in [2.45, 2.75) is 26.4 Å². The van der Waals surface area contributed by atoms with E-state index in [1.807, 2.05) is 13.8 Å². The maximum Gasteiger partial charge on any atom is 0.133 e. The molecule has 0 rings (SSSR count). The molecule has 0 amide bonds. The van der Waals surface area contributed by atoms with Gasteiger partial charge < -0.3 is 0 Å². The van der Waals surface area contributed by atoms with E-state index in [9.17, 15) is 4.79 Å². The van der Waals surface area contributed by atoms with Crippen LogP contribution >= 0.6 is 9.24 Å². The fraction of sp³-hybridized carbons (Fsp3) is 0.833. The molecule has 0 spiro atoms. The standard InChI is InChI=1S/C6H13OP/c1-4(5(2)7)6(3)8/h4,6H,8H2,1-3H3. The molecule has 0 aromatic carbocycles. The van der Waals surface area contributed by atoms with Crippen molar-refractivity contribution < 1.29 is 4.79 Å². The van der Waals surface area contributed by atoms with E-state index in [0.717, 1.165) is 0 Å². The second kappa shape index (κ2) is 3.19. The van der Waals surface area contributed by atoms with Crippen LogP contribution in [0.25, 0.3) is 0 Å². The number of ketones is 1. The summed E-state index contributed by atoms with van der Waals surface area (Å²) in [6, 6.07) is 0. The van der Waals surface area contributed by atoms with Gasteiger partial charge in [-0.05, 0) is 12.6 Å². The van der Waals surface area contributed by atoms with Crippen LogP contribution in [-0.4, -0.2) is 11.4 Å². The molecular weight excluding hydrogens is 119 g/mol. The third kappa shape index (κ3) is 2.42. The summed E-state index contributed by atoms with van der Waals surface area (Å²) in [6.07, 6.45) is 0. The van der Waals surface area contributed by atoms with E-state index in [2.05, 4.69) is 9.24 Å². The van der Waals surface area contributed by atoms with Gasteiger partial charge in [0.2, 0.25) is 0 Å². The highest BCUT2D eigenvalue weighted by molar-refractivity contribution is 7.17. The third-order valence-corrected chi connectivity index (χ3v) is 2.01. The summed E-state index contributed by atoms with van der Waals surface area (Å²) in [5.41, 5.74) is 0.410. The first-order valence-corrected chi connectivity index (χ1v) is 3.48. The largest absolute Gasteiger partial charge is 0.300 e. The van der Waals surface area contributed by atoms with Gasteiger partial charge in [0.1, 0.15) is 5.78 Å². The number of hydrogen-bond acceptors (Lipinski definition) is 1. The second-order valence-corrected chi connectivity index (χ2v) is 3.31. The monoisotopic (exact) mass is 132 g/mol. The molecule has 0 saturated heterocycles. The fourth-order valence-corrected chi connectivity index (χ4v) is 0.641. The van der Waals surface area contributed by atoms with E-state index in [1.165, 1.54) is 0 Å². The molecule has 3 atom stereocenters. The topological polar surface area (TPSA) is 17.1 Å². The van der Waals surface area contributed by atoms with Crippen molar-refractivity contribution in [3.8, 4) is 0 Å². The minimum absolute atomic E-state index is 0.194. The third-order valence-electron chi connectivity index (χ3n) is 1.43. The average molecular weight is 132 g/mol. The van der Waals surface area contributed by atoms with E-state index < -0.39 is 0 Å². The zero-order valence-electron chi connectivity index (χ0n) is 5.64. The predicted octanol–water partition coefficient (Wildman–Crippen LogP) is 1.48. The summed E-state index contributed by atoms with van der Waals surface area (Å²) < 4.78 is 0. The van der Waals surface area contributed by atoms with Gasteiger partial charge in [0.15, 0.2) is 0 Å². The van der Waals surface area contributed by atoms with E-state index in [4.69, 9.17) is 0 Å². The van der Waals surface area contributed by atoms with Gasteiger partial charge in [-0.15, -0.1) is 9.24 Å². The van der Waals surface area contributed by atoms with Gasteiger partial charge in [-0.3, -0.25) is 4.79 Å². The highest BCUT2D eigenvalue weighted by Gasteiger charge is 2.10. The molecule has 0 aliphatic heterocycles. The Morgan fingerprint density at radius 3 is 1.88 bits per heavy atom. The van der Waals surface area contributed by atoms with Crippen molar-refractivity contribution >= 4 is 15.0 Å². The first kappa shape index (κ1) is 8.10. The molecule has 2 heteroatoms. The van der Waals surface area contributed by atoms with Crippen LogP contribution in [0.4, 0.5) is 0 Å². The normalized spacial score (nSPS) is 17.5. The van der Waals surface area contributed by atoms with Crippen LogP contribution in [-0.2, 0) is 4.79 Å². The highest BCUT2D eigenvalue weighted by atomic mass is 31.0. The van der Waals surface area contributed by atoms with Crippen molar-refractivity contribution in [3.63, 3.8) is 0 Å². The van der Waals surface area contributed by atoms with Crippen LogP contribution < -0.4 is 0 Å². The number of hydrogen-bond donors (Lipinski definition) is 0. The molecule has 0 aromatic rings. The molecule has 0 N–H and O–H groups in total. The molecule has 0 radical (unpaired) electrons. The van der Waals surface area contributed by atoms with Gasteiger partial charge in [0.25, 0.3) is 0 Å². The lowest BCUT2D eigenvalue weighted by Gasteiger charge is -2.09. The van der Waals surface area contributed by atoms with Crippen molar-refractivity contribution in [1.29, 1.82) is 0 Å². The fourth-order valence-electron chi connectivity index (χ4n) is 0.370.